The van der Waals surface area contributed by atoms with Gasteiger partial charge in [-0.1, -0.05) is 0 Å². The number of nitrogens with one attached hydrogen (secondary N) is 2. The summed E-state index contributed by atoms with van der Waals surface area (Å²) in [6, 6.07) is 0.0326. The smallest absolute Gasteiger partial charge is 0.315 e. The molecule has 1 saturated carbocycles. The molecule has 19 heavy (non-hydrogen) atoms. The van der Waals surface area contributed by atoms with E-state index in [9.17, 15) is 9.90 Å². The molecule has 0 unspecified atom stereocenters. The van der Waals surface area contributed by atoms with E-state index >= 15 is 0 Å². The SMILES string of the molecule is O=C(NCCc1cnccn1)NC1CCC(O)CC1. The van der Waals surface area contributed by atoms with Crippen molar-refractivity contribution in [1.82, 2.24) is 20.6 Å². The molecule has 0 radical (unpaired) electrons. The van der Waals surface area contributed by atoms with Gasteiger partial charge < -0.3 is 15.7 Å². The number of carbonyl (C=O) groups excluding carboxylic acids is 1. The first-order valence-electron chi connectivity index (χ1n) is 6.71. The van der Waals surface area contributed by atoms with Crippen LogP contribution in [-0.2, 0) is 6.42 Å². The van der Waals surface area contributed by atoms with E-state index in [1.54, 1.807) is 18.6 Å². The number of amides is 2. The van der Waals surface area contributed by atoms with E-state index in [4.69, 9.17) is 0 Å². The van der Waals surface area contributed by atoms with E-state index < -0.39 is 0 Å². The van der Waals surface area contributed by atoms with Crippen LogP contribution in [0.1, 0.15) is 31.4 Å². The third kappa shape index (κ3) is 4.82. The van der Waals surface area contributed by atoms with Gasteiger partial charge in [0.2, 0.25) is 0 Å². The van der Waals surface area contributed by atoms with Crippen molar-refractivity contribution in [1.29, 1.82) is 0 Å². The largest absolute Gasteiger partial charge is 0.393 e. The Morgan fingerprint density at radius 1 is 1.32 bits per heavy atom. The minimum atomic E-state index is -0.197. The average Bonchev–Trinajstić information content (AvgIpc) is 2.43. The summed E-state index contributed by atoms with van der Waals surface area (Å²) in [4.78, 5) is 19.8. The normalized spacial score (nSPS) is 22.8. The van der Waals surface area contributed by atoms with Crippen LogP contribution in [0.2, 0.25) is 0 Å². The summed E-state index contributed by atoms with van der Waals surface area (Å²) in [7, 11) is 0. The molecule has 1 aromatic heterocycles. The lowest BCUT2D eigenvalue weighted by molar-refractivity contribution is 0.117. The van der Waals surface area contributed by atoms with Gasteiger partial charge in [-0.3, -0.25) is 9.97 Å². The van der Waals surface area contributed by atoms with Crippen molar-refractivity contribution in [2.75, 3.05) is 6.54 Å². The van der Waals surface area contributed by atoms with Crippen LogP contribution in [0.15, 0.2) is 18.6 Å². The molecule has 6 nitrogen and oxygen atoms in total. The molecule has 0 saturated heterocycles. The molecule has 1 aliphatic rings. The topological polar surface area (TPSA) is 87.1 Å². The van der Waals surface area contributed by atoms with Gasteiger partial charge in [0.25, 0.3) is 0 Å². The summed E-state index contributed by atoms with van der Waals surface area (Å²) in [5, 5.41) is 15.1. The average molecular weight is 264 g/mol. The molecule has 1 aliphatic carbocycles. The second kappa shape index (κ2) is 7.04. The van der Waals surface area contributed by atoms with Crippen molar-refractivity contribution in [3.8, 4) is 0 Å². The van der Waals surface area contributed by atoms with Gasteiger partial charge in [0, 0.05) is 37.6 Å². The Bertz CT molecular complexity index is 391. The maximum atomic E-state index is 11.7. The van der Waals surface area contributed by atoms with Crippen LogP contribution in [0, 0.1) is 0 Å². The molecule has 6 heteroatoms. The minimum Gasteiger partial charge on any atom is -0.393 e. The first-order chi connectivity index (χ1) is 9.24. The number of nitrogens with zero attached hydrogens (tertiary/aromatic N) is 2. The predicted octanol–water partition coefficient (Wildman–Crippen LogP) is 0.622. The monoisotopic (exact) mass is 264 g/mol. The summed E-state index contributed by atoms with van der Waals surface area (Å²) in [5.74, 6) is 0. The van der Waals surface area contributed by atoms with Crippen LogP contribution in [0.3, 0.4) is 0 Å². The van der Waals surface area contributed by atoms with Gasteiger partial charge in [-0.25, -0.2) is 4.79 Å². The number of urea groups is 1. The third-order valence-corrected chi connectivity index (χ3v) is 3.32. The fourth-order valence-corrected chi connectivity index (χ4v) is 2.22. The van der Waals surface area contributed by atoms with Crippen LogP contribution in [-0.4, -0.2) is 39.8 Å². The first kappa shape index (κ1) is 13.7. The Kier molecular flexibility index (Phi) is 5.09. The number of aliphatic hydroxyl groups is 1. The number of hydrogen-bond acceptors (Lipinski definition) is 4. The van der Waals surface area contributed by atoms with Crippen molar-refractivity contribution in [3.05, 3.63) is 24.3 Å². The molecule has 1 aromatic rings. The molecule has 0 aliphatic heterocycles. The van der Waals surface area contributed by atoms with Gasteiger partial charge in [0.15, 0.2) is 0 Å². The first-order valence-corrected chi connectivity index (χ1v) is 6.71. The van der Waals surface area contributed by atoms with Crippen LogP contribution in [0.5, 0.6) is 0 Å². The second-order valence-electron chi connectivity index (χ2n) is 4.85. The molecule has 0 spiro atoms. The van der Waals surface area contributed by atoms with E-state index in [0.29, 0.717) is 13.0 Å². The molecule has 0 atom stereocenters. The zero-order valence-electron chi connectivity index (χ0n) is 10.9. The minimum absolute atomic E-state index is 0.148. The fourth-order valence-electron chi connectivity index (χ4n) is 2.22. The lowest BCUT2D eigenvalue weighted by atomic mass is 9.93. The number of hydrogen-bond donors (Lipinski definition) is 3. The van der Waals surface area contributed by atoms with Crippen molar-refractivity contribution in [2.45, 2.75) is 44.2 Å². The quantitative estimate of drug-likeness (QED) is 0.744. The summed E-state index contributed by atoms with van der Waals surface area (Å²) in [6.45, 7) is 0.542. The van der Waals surface area contributed by atoms with E-state index in [1.165, 1.54) is 0 Å². The third-order valence-electron chi connectivity index (χ3n) is 3.32. The lowest BCUT2D eigenvalue weighted by Crippen LogP contribution is -2.44. The standard InChI is InChI=1S/C13H20N4O2/c18-12-3-1-10(2-4-12)17-13(19)16-6-5-11-9-14-7-8-15-11/h7-10,12,18H,1-6H2,(H2,16,17,19). The summed E-state index contributed by atoms with van der Waals surface area (Å²) >= 11 is 0. The highest BCUT2D eigenvalue weighted by Crippen LogP contribution is 2.17. The highest BCUT2D eigenvalue weighted by atomic mass is 16.3. The summed E-state index contributed by atoms with van der Waals surface area (Å²) < 4.78 is 0. The van der Waals surface area contributed by atoms with Crippen molar-refractivity contribution >= 4 is 6.03 Å². The molecule has 104 valence electrons. The molecule has 2 rings (SSSR count). The molecular weight excluding hydrogens is 244 g/mol. The molecule has 2 amide bonds. The van der Waals surface area contributed by atoms with Crippen molar-refractivity contribution < 1.29 is 9.90 Å². The maximum absolute atomic E-state index is 11.7. The van der Waals surface area contributed by atoms with Gasteiger partial charge in [-0.05, 0) is 25.7 Å². The van der Waals surface area contributed by atoms with Crippen LogP contribution in [0.4, 0.5) is 4.79 Å². The van der Waals surface area contributed by atoms with Gasteiger partial charge in [0.1, 0.15) is 0 Å². The van der Waals surface area contributed by atoms with Crippen LogP contribution in [0.25, 0.3) is 0 Å². The molecule has 1 heterocycles. The lowest BCUT2D eigenvalue weighted by Gasteiger charge is -2.26. The van der Waals surface area contributed by atoms with E-state index in [0.717, 1.165) is 31.4 Å². The molecule has 0 bridgehead atoms. The van der Waals surface area contributed by atoms with E-state index in [1.807, 2.05) is 0 Å². The highest BCUT2D eigenvalue weighted by molar-refractivity contribution is 5.74. The Labute approximate surface area is 112 Å². The van der Waals surface area contributed by atoms with Crippen LogP contribution < -0.4 is 10.6 Å². The number of aliphatic hydroxyl groups excluding tert-OH is 1. The Morgan fingerprint density at radius 2 is 2.11 bits per heavy atom. The van der Waals surface area contributed by atoms with E-state index in [2.05, 4.69) is 20.6 Å². The summed E-state index contributed by atoms with van der Waals surface area (Å²) in [6.07, 6.45) is 8.67. The van der Waals surface area contributed by atoms with Crippen molar-refractivity contribution in [3.63, 3.8) is 0 Å². The predicted molar refractivity (Wildman–Crippen MR) is 70.5 cm³/mol. The molecule has 0 aromatic carbocycles. The van der Waals surface area contributed by atoms with Crippen molar-refractivity contribution in [2.24, 2.45) is 0 Å². The molecule has 3 N–H and O–H groups in total. The molecule has 1 fully saturated rings. The van der Waals surface area contributed by atoms with Gasteiger partial charge in [0.05, 0.1) is 11.8 Å². The Morgan fingerprint density at radius 3 is 2.79 bits per heavy atom. The Balaban J connectivity index is 1.62. The highest BCUT2D eigenvalue weighted by Gasteiger charge is 2.20. The number of carbonyl (C=O) groups is 1. The van der Waals surface area contributed by atoms with Gasteiger partial charge in [-0.2, -0.15) is 0 Å². The zero-order valence-corrected chi connectivity index (χ0v) is 10.9. The number of aromatic nitrogens is 2. The summed E-state index contributed by atoms with van der Waals surface area (Å²) in [5.41, 5.74) is 0.864. The zero-order chi connectivity index (χ0) is 13.5. The van der Waals surface area contributed by atoms with E-state index in [-0.39, 0.29) is 18.2 Å². The second-order valence-corrected chi connectivity index (χ2v) is 4.85. The Hall–Kier alpha value is -1.69. The maximum Gasteiger partial charge on any atom is 0.315 e. The van der Waals surface area contributed by atoms with Gasteiger partial charge in [-0.15, -0.1) is 0 Å². The fraction of sp³-hybridized carbons (Fsp3) is 0.615. The van der Waals surface area contributed by atoms with Gasteiger partial charge >= 0.3 is 6.03 Å². The number of rotatable bonds is 4. The molecular formula is C13H20N4O2. The van der Waals surface area contributed by atoms with Crippen LogP contribution >= 0.6 is 0 Å².